The first kappa shape index (κ1) is 13.4. The Labute approximate surface area is 127 Å². The van der Waals surface area contributed by atoms with E-state index in [0.717, 1.165) is 37.0 Å². The Hall–Kier alpha value is -1.31. The highest BCUT2D eigenvalue weighted by atomic mass is 16.2. The van der Waals surface area contributed by atoms with Crippen molar-refractivity contribution in [2.45, 2.75) is 51.5 Å². The van der Waals surface area contributed by atoms with Gasteiger partial charge in [-0.05, 0) is 68.8 Å². The van der Waals surface area contributed by atoms with E-state index in [9.17, 15) is 4.79 Å². The molecule has 4 bridgehead atoms. The van der Waals surface area contributed by atoms with Crippen molar-refractivity contribution in [3.8, 4) is 0 Å². The summed E-state index contributed by atoms with van der Waals surface area (Å²) >= 11 is 0. The van der Waals surface area contributed by atoms with Crippen molar-refractivity contribution in [3.05, 3.63) is 35.9 Å². The molecule has 1 atom stereocenters. The third-order valence-corrected chi connectivity index (χ3v) is 6.17. The molecule has 0 aromatic heterocycles. The minimum atomic E-state index is -0.0300. The summed E-state index contributed by atoms with van der Waals surface area (Å²) in [7, 11) is 0. The molecule has 0 radical (unpaired) electrons. The lowest BCUT2D eigenvalue weighted by Gasteiger charge is -2.55. The summed E-state index contributed by atoms with van der Waals surface area (Å²) in [6.45, 7) is 2.10. The van der Waals surface area contributed by atoms with Gasteiger partial charge in [0.2, 0.25) is 5.91 Å². The van der Waals surface area contributed by atoms with Crippen molar-refractivity contribution < 1.29 is 4.79 Å². The second-order valence-corrected chi connectivity index (χ2v) is 7.80. The molecule has 112 valence electrons. The van der Waals surface area contributed by atoms with Gasteiger partial charge in [0.05, 0.1) is 6.04 Å². The maximum atomic E-state index is 13.0. The van der Waals surface area contributed by atoms with E-state index in [1.807, 2.05) is 18.2 Å². The number of nitrogens with one attached hydrogen (secondary N) is 1. The first-order valence-electron chi connectivity index (χ1n) is 8.50. The van der Waals surface area contributed by atoms with E-state index < -0.39 is 0 Å². The second kappa shape index (κ2) is 4.86. The number of rotatable bonds is 3. The van der Waals surface area contributed by atoms with Crippen molar-refractivity contribution in [2.75, 3.05) is 0 Å². The van der Waals surface area contributed by atoms with Gasteiger partial charge in [0, 0.05) is 5.41 Å². The van der Waals surface area contributed by atoms with Gasteiger partial charge in [0.25, 0.3) is 0 Å². The van der Waals surface area contributed by atoms with Crippen LogP contribution in [-0.2, 0) is 4.79 Å². The average Bonchev–Trinajstić information content (AvgIpc) is 2.46. The highest BCUT2D eigenvalue weighted by Crippen LogP contribution is 2.60. The van der Waals surface area contributed by atoms with Crippen LogP contribution in [0.4, 0.5) is 0 Å². The number of amides is 1. The lowest BCUT2D eigenvalue weighted by Crippen LogP contribution is -2.53. The molecular weight excluding hydrogens is 258 g/mol. The Morgan fingerprint density at radius 1 is 1.05 bits per heavy atom. The zero-order valence-corrected chi connectivity index (χ0v) is 12.8. The predicted molar refractivity (Wildman–Crippen MR) is 83.6 cm³/mol. The summed E-state index contributed by atoms with van der Waals surface area (Å²) in [6.07, 6.45) is 7.60. The topological polar surface area (TPSA) is 29.1 Å². The van der Waals surface area contributed by atoms with Crippen LogP contribution in [0.2, 0.25) is 0 Å². The third kappa shape index (κ3) is 2.29. The number of benzene rings is 1. The van der Waals surface area contributed by atoms with Gasteiger partial charge in [-0.1, -0.05) is 30.3 Å². The van der Waals surface area contributed by atoms with Crippen LogP contribution < -0.4 is 5.32 Å². The number of hydrogen-bond donors (Lipinski definition) is 1. The highest BCUT2D eigenvalue weighted by Gasteiger charge is 2.54. The van der Waals surface area contributed by atoms with Crippen LogP contribution in [0, 0.1) is 23.2 Å². The van der Waals surface area contributed by atoms with E-state index in [2.05, 4.69) is 24.4 Å². The van der Waals surface area contributed by atoms with Crippen LogP contribution in [0.5, 0.6) is 0 Å². The Morgan fingerprint density at radius 2 is 1.57 bits per heavy atom. The van der Waals surface area contributed by atoms with E-state index in [0.29, 0.717) is 5.91 Å². The smallest absolute Gasteiger partial charge is 0.226 e. The van der Waals surface area contributed by atoms with Gasteiger partial charge < -0.3 is 5.32 Å². The fourth-order valence-corrected chi connectivity index (χ4v) is 5.56. The molecule has 1 aromatic carbocycles. The zero-order valence-electron chi connectivity index (χ0n) is 12.8. The molecule has 4 saturated carbocycles. The van der Waals surface area contributed by atoms with Crippen molar-refractivity contribution in [1.82, 2.24) is 5.32 Å². The van der Waals surface area contributed by atoms with Crippen molar-refractivity contribution >= 4 is 5.91 Å². The highest BCUT2D eigenvalue weighted by molar-refractivity contribution is 5.83. The molecule has 2 heteroatoms. The van der Waals surface area contributed by atoms with Crippen molar-refractivity contribution in [1.29, 1.82) is 0 Å². The summed E-state index contributed by atoms with van der Waals surface area (Å²) < 4.78 is 0. The Kier molecular flexibility index (Phi) is 3.09. The lowest BCUT2D eigenvalue weighted by atomic mass is 9.49. The van der Waals surface area contributed by atoms with E-state index in [-0.39, 0.29) is 11.5 Å². The molecule has 21 heavy (non-hydrogen) atoms. The molecule has 5 rings (SSSR count). The van der Waals surface area contributed by atoms with Gasteiger partial charge in [-0.25, -0.2) is 0 Å². The maximum Gasteiger partial charge on any atom is 0.226 e. The molecule has 4 fully saturated rings. The van der Waals surface area contributed by atoms with Gasteiger partial charge in [-0.2, -0.15) is 0 Å². The van der Waals surface area contributed by atoms with E-state index in [4.69, 9.17) is 0 Å². The number of hydrogen-bond acceptors (Lipinski definition) is 1. The molecule has 4 aliphatic carbocycles. The molecule has 0 heterocycles. The van der Waals surface area contributed by atoms with Crippen LogP contribution in [0.1, 0.15) is 57.1 Å². The second-order valence-electron chi connectivity index (χ2n) is 7.80. The summed E-state index contributed by atoms with van der Waals surface area (Å²) in [5, 5.41) is 3.31. The molecule has 0 saturated heterocycles. The molecule has 0 spiro atoms. The largest absolute Gasteiger partial charge is 0.349 e. The fraction of sp³-hybridized carbons (Fsp3) is 0.632. The minimum absolute atomic E-state index is 0.0300. The van der Waals surface area contributed by atoms with Gasteiger partial charge >= 0.3 is 0 Å². The quantitative estimate of drug-likeness (QED) is 0.889. The molecule has 1 amide bonds. The molecule has 1 unspecified atom stereocenters. The molecule has 1 N–H and O–H groups in total. The van der Waals surface area contributed by atoms with Gasteiger partial charge in [0.15, 0.2) is 0 Å². The SMILES string of the molecule is CC(NC(=O)C12CC3CC(CC(C3)C1)C2)c1ccccc1. The van der Waals surface area contributed by atoms with Crippen molar-refractivity contribution in [3.63, 3.8) is 0 Å². The number of carbonyl (C=O) groups excluding carboxylic acids is 1. The van der Waals surface area contributed by atoms with Gasteiger partial charge in [0.1, 0.15) is 0 Å². The lowest BCUT2D eigenvalue weighted by molar-refractivity contribution is -0.147. The van der Waals surface area contributed by atoms with E-state index >= 15 is 0 Å². The average molecular weight is 283 g/mol. The van der Waals surface area contributed by atoms with Crippen LogP contribution in [0.15, 0.2) is 30.3 Å². The minimum Gasteiger partial charge on any atom is -0.349 e. The first-order chi connectivity index (χ1) is 10.1. The Balaban J connectivity index is 1.50. The van der Waals surface area contributed by atoms with Gasteiger partial charge in [-0.15, -0.1) is 0 Å². The Bertz CT molecular complexity index is 500. The van der Waals surface area contributed by atoms with Crippen LogP contribution >= 0.6 is 0 Å². The summed E-state index contributed by atoms with van der Waals surface area (Å²) in [4.78, 5) is 13.0. The molecular formula is C19H25NO. The number of carbonyl (C=O) groups is 1. The maximum absolute atomic E-state index is 13.0. The first-order valence-corrected chi connectivity index (χ1v) is 8.50. The van der Waals surface area contributed by atoms with Crippen LogP contribution in [0.25, 0.3) is 0 Å². The zero-order chi connectivity index (χ0) is 14.4. The predicted octanol–water partition coefficient (Wildman–Crippen LogP) is 4.08. The molecule has 2 nitrogen and oxygen atoms in total. The summed E-state index contributed by atoms with van der Waals surface area (Å²) in [6, 6.07) is 10.4. The van der Waals surface area contributed by atoms with Crippen LogP contribution in [-0.4, -0.2) is 5.91 Å². The molecule has 0 aliphatic heterocycles. The standard InChI is InChI=1S/C19H25NO/c1-13(17-5-3-2-4-6-17)20-18(21)19-10-14-7-15(11-19)9-16(8-14)12-19/h2-6,13-16H,7-12H2,1H3,(H,20,21). The fourth-order valence-electron chi connectivity index (χ4n) is 5.56. The van der Waals surface area contributed by atoms with Crippen LogP contribution in [0.3, 0.4) is 0 Å². The normalized spacial score (nSPS) is 38.2. The summed E-state index contributed by atoms with van der Waals surface area (Å²) in [5.74, 6) is 2.81. The molecule has 4 aliphatic rings. The van der Waals surface area contributed by atoms with Crippen molar-refractivity contribution in [2.24, 2.45) is 23.2 Å². The monoisotopic (exact) mass is 283 g/mol. The Morgan fingerprint density at radius 3 is 2.10 bits per heavy atom. The van der Waals surface area contributed by atoms with E-state index in [1.165, 1.54) is 24.8 Å². The van der Waals surface area contributed by atoms with Gasteiger partial charge in [-0.3, -0.25) is 4.79 Å². The van der Waals surface area contributed by atoms with E-state index in [1.54, 1.807) is 0 Å². The third-order valence-electron chi connectivity index (χ3n) is 6.17. The summed E-state index contributed by atoms with van der Waals surface area (Å²) in [5.41, 5.74) is 1.17. The molecule has 1 aromatic rings.